The molecule has 0 bridgehead atoms. The Labute approximate surface area is 114 Å². The third-order valence-corrected chi connectivity index (χ3v) is 4.34. The third kappa shape index (κ3) is 2.07. The smallest absolute Gasteiger partial charge is 0.169 e. The number of thiophene rings is 1. The van der Waals surface area contributed by atoms with Crippen molar-refractivity contribution in [1.29, 1.82) is 0 Å². The van der Waals surface area contributed by atoms with Gasteiger partial charge in [-0.2, -0.15) is 0 Å². The lowest BCUT2D eigenvalue weighted by Gasteiger charge is -2.12. The molecule has 19 heavy (non-hydrogen) atoms. The molecule has 2 nitrogen and oxygen atoms in total. The maximum absolute atomic E-state index is 13.7. The average Bonchev–Trinajstić information content (AvgIpc) is 2.99. The maximum Gasteiger partial charge on any atom is 0.169 e. The van der Waals surface area contributed by atoms with Crippen LogP contribution < -0.4 is 5.32 Å². The summed E-state index contributed by atoms with van der Waals surface area (Å²) in [6.45, 7) is 2.07. The lowest BCUT2D eigenvalue weighted by atomic mass is 10.1. The Morgan fingerprint density at radius 2 is 2.16 bits per heavy atom. The topological polar surface area (TPSA) is 25.2 Å². The van der Waals surface area contributed by atoms with Crippen molar-refractivity contribution in [2.45, 2.75) is 13.0 Å². The van der Waals surface area contributed by atoms with E-state index in [1.54, 1.807) is 17.4 Å². The fourth-order valence-corrected chi connectivity index (χ4v) is 3.32. The molecule has 0 aliphatic carbocycles. The van der Waals surface area contributed by atoms with E-state index < -0.39 is 0 Å². The number of hydrogen-bond acceptors (Lipinski definition) is 3. The molecule has 1 atom stereocenters. The fraction of sp³-hybridized carbons (Fsp3) is 0.200. The normalized spacial score (nSPS) is 13.0. The lowest BCUT2D eigenvalue weighted by Crippen LogP contribution is -2.16. The molecule has 98 valence electrons. The predicted octanol–water partition coefficient (Wildman–Crippen LogP) is 4.25. The predicted molar refractivity (Wildman–Crippen MR) is 76.1 cm³/mol. The molecule has 0 radical (unpaired) electrons. The van der Waals surface area contributed by atoms with Crippen molar-refractivity contribution >= 4 is 22.3 Å². The van der Waals surface area contributed by atoms with E-state index in [9.17, 15) is 4.39 Å². The zero-order chi connectivity index (χ0) is 13.4. The highest BCUT2D eigenvalue weighted by Crippen LogP contribution is 2.33. The SMILES string of the molecule is CNC(c1cc2cccc(F)c2o1)c1sccc1C. The first-order chi connectivity index (χ1) is 9.20. The molecule has 0 fully saturated rings. The second kappa shape index (κ2) is 4.79. The number of fused-ring (bicyclic) bond motifs is 1. The molecule has 3 aromatic rings. The first-order valence-corrected chi connectivity index (χ1v) is 6.98. The molecular weight excluding hydrogens is 261 g/mol. The summed E-state index contributed by atoms with van der Waals surface area (Å²) >= 11 is 1.67. The Bertz CT molecular complexity index is 716. The Morgan fingerprint density at radius 3 is 2.79 bits per heavy atom. The minimum Gasteiger partial charge on any atom is -0.456 e. The van der Waals surface area contributed by atoms with Gasteiger partial charge in [0.15, 0.2) is 11.4 Å². The van der Waals surface area contributed by atoms with Crippen molar-refractivity contribution in [1.82, 2.24) is 5.32 Å². The molecule has 0 saturated carbocycles. The Morgan fingerprint density at radius 1 is 1.32 bits per heavy atom. The number of para-hydroxylation sites is 1. The molecule has 0 amide bonds. The third-order valence-electron chi connectivity index (χ3n) is 3.25. The standard InChI is InChI=1S/C15H14FNOS/c1-9-6-7-19-15(9)13(17-2)12-8-10-4-3-5-11(16)14(10)18-12/h3-8,13,17H,1-2H3. The van der Waals surface area contributed by atoms with E-state index >= 15 is 0 Å². The van der Waals surface area contributed by atoms with Gasteiger partial charge in [-0.1, -0.05) is 12.1 Å². The van der Waals surface area contributed by atoms with Gasteiger partial charge >= 0.3 is 0 Å². The maximum atomic E-state index is 13.7. The summed E-state index contributed by atoms with van der Waals surface area (Å²) in [6.07, 6.45) is 0. The molecule has 2 aromatic heterocycles. The van der Waals surface area contributed by atoms with Crippen LogP contribution in [-0.4, -0.2) is 7.05 Å². The van der Waals surface area contributed by atoms with Gasteiger partial charge in [-0.15, -0.1) is 11.3 Å². The molecule has 0 aliphatic rings. The Hall–Kier alpha value is -1.65. The number of benzene rings is 1. The van der Waals surface area contributed by atoms with Crippen molar-refractivity contribution < 1.29 is 8.81 Å². The molecule has 0 saturated heterocycles. The minimum absolute atomic E-state index is 0.0354. The molecule has 1 unspecified atom stereocenters. The van der Waals surface area contributed by atoms with Crippen LogP contribution in [0, 0.1) is 12.7 Å². The van der Waals surface area contributed by atoms with E-state index in [1.807, 2.05) is 19.2 Å². The number of halogens is 1. The quantitative estimate of drug-likeness (QED) is 0.773. The Balaban J connectivity index is 2.12. The summed E-state index contributed by atoms with van der Waals surface area (Å²) in [4.78, 5) is 1.20. The summed E-state index contributed by atoms with van der Waals surface area (Å²) < 4.78 is 19.4. The molecular formula is C15H14FNOS. The van der Waals surface area contributed by atoms with Crippen molar-refractivity contribution in [3.63, 3.8) is 0 Å². The van der Waals surface area contributed by atoms with Gasteiger partial charge in [0.25, 0.3) is 0 Å². The lowest BCUT2D eigenvalue weighted by molar-refractivity contribution is 0.479. The van der Waals surface area contributed by atoms with Gasteiger partial charge < -0.3 is 9.73 Å². The first kappa shape index (κ1) is 12.4. The summed E-state index contributed by atoms with van der Waals surface area (Å²) in [5.74, 6) is 0.426. The first-order valence-electron chi connectivity index (χ1n) is 6.10. The number of furan rings is 1. The average molecular weight is 275 g/mol. The number of hydrogen-bond donors (Lipinski definition) is 1. The monoisotopic (exact) mass is 275 g/mol. The summed E-state index contributed by atoms with van der Waals surface area (Å²) in [6, 6.07) is 8.92. The van der Waals surface area contributed by atoms with Gasteiger partial charge in [0.1, 0.15) is 11.8 Å². The van der Waals surface area contributed by atoms with Gasteiger partial charge in [-0.3, -0.25) is 0 Å². The molecule has 4 heteroatoms. The Kier molecular flexibility index (Phi) is 3.12. The number of rotatable bonds is 3. The van der Waals surface area contributed by atoms with E-state index in [0.29, 0.717) is 5.58 Å². The number of aryl methyl sites for hydroxylation is 1. The van der Waals surface area contributed by atoms with Crippen LogP contribution >= 0.6 is 11.3 Å². The second-order valence-electron chi connectivity index (χ2n) is 4.50. The van der Waals surface area contributed by atoms with Gasteiger partial charge in [0.2, 0.25) is 0 Å². The van der Waals surface area contributed by atoms with Gasteiger partial charge in [0, 0.05) is 10.3 Å². The second-order valence-corrected chi connectivity index (χ2v) is 5.44. The van der Waals surface area contributed by atoms with Crippen molar-refractivity contribution in [3.8, 4) is 0 Å². The molecule has 0 aliphatic heterocycles. The van der Waals surface area contributed by atoms with Crippen LogP contribution in [0.5, 0.6) is 0 Å². The largest absolute Gasteiger partial charge is 0.456 e. The van der Waals surface area contributed by atoms with Gasteiger partial charge in [-0.25, -0.2) is 4.39 Å². The summed E-state index contributed by atoms with van der Waals surface area (Å²) in [7, 11) is 1.88. The minimum atomic E-state index is -0.318. The van der Waals surface area contributed by atoms with Crippen molar-refractivity contribution in [2.75, 3.05) is 7.05 Å². The van der Waals surface area contributed by atoms with Crippen LogP contribution in [-0.2, 0) is 0 Å². The number of nitrogens with one attached hydrogen (secondary N) is 1. The molecule has 0 spiro atoms. The highest BCUT2D eigenvalue weighted by Gasteiger charge is 2.20. The van der Waals surface area contributed by atoms with Crippen LogP contribution in [0.4, 0.5) is 4.39 Å². The van der Waals surface area contributed by atoms with Crippen molar-refractivity contribution in [2.24, 2.45) is 0 Å². The molecule has 2 heterocycles. The van der Waals surface area contributed by atoms with E-state index in [2.05, 4.69) is 23.7 Å². The zero-order valence-electron chi connectivity index (χ0n) is 10.7. The zero-order valence-corrected chi connectivity index (χ0v) is 11.6. The molecule has 1 aromatic carbocycles. The highest BCUT2D eigenvalue weighted by atomic mass is 32.1. The van der Waals surface area contributed by atoms with E-state index in [0.717, 1.165) is 11.1 Å². The highest BCUT2D eigenvalue weighted by molar-refractivity contribution is 7.10. The van der Waals surface area contributed by atoms with Crippen LogP contribution in [0.25, 0.3) is 11.0 Å². The van der Waals surface area contributed by atoms with Crippen molar-refractivity contribution in [3.05, 3.63) is 57.7 Å². The summed E-state index contributed by atoms with van der Waals surface area (Å²) in [5, 5.41) is 6.09. The van der Waals surface area contributed by atoms with Gasteiger partial charge in [0.05, 0.1) is 0 Å². The van der Waals surface area contributed by atoms with E-state index in [1.165, 1.54) is 16.5 Å². The van der Waals surface area contributed by atoms with Crippen LogP contribution in [0.1, 0.15) is 22.2 Å². The van der Waals surface area contributed by atoms with Crippen LogP contribution in [0.2, 0.25) is 0 Å². The van der Waals surface area contributed by atoms with E-state index in [4.69, 9.17) is 4.42 Å². The molecule has 3 rings (SSSR count). The van der Waals surface area contributed by atoms with Crippen LogP contribution in [0.3, 0.4) is 0 Å². The van der Waals surface area contributed by atoms with Crippen LogP contribution in [0.15, 0.2) is 40.1 Å². The molecule has 1 N–H and O–H groups in total. The summed E-state index contributed by atoms with van der Waals surface area (Å²) in [5.41, 5.74) is 1.54. The van der Waals surface area contributed by atoms with Gasteiger partial charge in [-0.05, 0) is 43.1 Å². The fourth-order valence-electron chi connectivity index (χ4n) is 2.27. The van der Waals surface area contributed by atoms with E-state index in [-0.39, 0.29) is 11.9 Å².